The van der Waals surface area contributed by atoms with E-state index in [9.17, 15) is 18.3 Å². The minimum absolute atomic E-state index is 0.173. The van der Waals surface area contributed by atoms with E-state index in [-0.39, 0.29) is 5.92 Å². The quantitative estimate of drug-likeness (QED) is 0.812. The summed E-state index contributed by atoms with van der Waals surface area (Å²) in [6, 6.07) is 5.05. The molecule has 0 saturated carbocycles. The maximum atomic E-state index is 12.5. The van der Waals surface area contributed by atoms with Crippen molar-refractivity contribution in [1.82, 2.24) is 5.32 Å². The van der Waals surface area contributed by atoms with Gasteiger partial charge in [0, 0.05) is 12.5 Å². The molecule has 1 fully saturated rings. The van der Waals surface area contributed by atoms with Gasteiger partial charge in [0.05, 0.1) is 11.2 Å². The van der Waals surface area contributed by atoms with Gasteiger partial charge < -0.3 is 10.4 Å². The molecular formula is C13H16F3NO. The maximum Gasteiger partial charge on any atom is 0.416 e. The monoisotopic (exact) mass is 259 g/mol. The summed E-state index contributed by atoms with van der Waals surface area (Å²) >= 11 is 0. The largest absolute Gasteiger partial charge is 0.416 e. The van der Waals surface area contributed by atoms with Crippen LogP contribution in [0.3, 0.4) is 0 Å². The molecule has 0 radical (unpaired) electrons. The Hall–Kier alpha value is -1.07. The van der Waals surface area contributed by atoms with Crippen LogP contribution in [0.1, 0.15) is 30.4 Å². The highest BCUT2D eigenvalue weighted by Crippen LogP contribution is 2.35. The highest BCUT2D eigenvalue weighted by atomic mass is 19.4. The number of aliphatic hydroxyl groups is 1. The third kappa shape index (κ3) is 2.67. The van der Waals surface area contributed by atoms with Crippen LogP contribution in [-0.2, 0) is 6.18 Å². The van der Waals surface area contributed by atoms with Gasteiger partial charge in [-0.1, -0.05) is 12.1 Å². The third-order valence-corrected chi connectivity index (χ3v) is 3.55. The minimum atomic E-state index is -4.31. The number of piperidine rings is 1. The Morgan fingerprint density at radius 1 is 1.28 bits per heavy atom. The summed E-state index contributed by atoms with van der Waals surface area (Å²) in [7, 11) is 0. The molecule has 0 amide bonds. The number of hydrogen-bond acceptors (Lipinski definition) is 2. The first-order valence-corrected chi connectivity index (χ1v) is 5.91. The van der Waals surface area contributed by atoms with Gasteiger partial charge >= 0.3 is 6.18 Å². The number of nitrogens with one attached hydrogen (secondary N) is 1. The lowest BCUT2D eigenvalue weighted by atomic mass is 9.79. The molecule has 18 heavy (non-hydrogen) atoms. The van der Waals surface area contributed by atoms with Crippen LogP contribution < -0.4 is 5.32 Å². The average Bonchev–Trinajstić information content (AvgIpc) is 2.27. The smallest absolute Gasteiger partial charge is 0.389 e. The minimum Gasteiger partial charge on any atom is -0.389 e. The average molecular weight is 259 g/mol. The highest BCUT2D eigenvalue weighted by molar-refractivity contribution is 5.29. The van der Waals surface area contributed by atoms with Crippen molar-refractivity contribution in [2.24, 2.45) is 0 Å². The molecule has 2 nitrogen and oxygen atoms in total. The zero-order valence-electron chi connectivity index (χ0n) is 10.1. The molecule has 2 unspecified atom stereocenters. The van der Waals surface area contributed by atoms with Gasteiger partial charge in [-0.25, -0.2) is 0 Å². The second-order valence-corrected chi connectivity index (χ2v) is 4.98. The van der Waals surface area contributed by atoms with E-state index in [2.05, 4.69) is 5.32 Å². The van der Waals surface area contributed by atoms with Crippen LogP contribution in [0.2, 0.25) is 0 Å². The van der Waals surface area contributed by atoms with E-state index < -0.39 is 17.3 Å². The molecule has 1 aromatic carbocycles. The van der Waals surface area contributed by atoms with Gasteiger partial charge in [-0.3, -0.25) is 0 Å². The van der Waals surface area contributed by atoms with Gasteiger partial charge in [0.15, 0.2) is 0 Å². The lowest BCUT2D eigenvalue weighted by Gasteiger charge is -2.38. The molecule has 0 aromatic heterocycles. The van der Waals surface area contributed by atoms with Crippen molar-refractivity contribution in [3.63, 3.8) is 0 Å². The summed E-state index contributed by atoms with van der Waals surface area (Å²) in [4.78, 5) is 0. The second-order valence-electron chi connectivity index (χ2n) is 4.98. The van der Waals surface area contributed by atoms with E-state index in [1.807, 2.05) is 0 Å². The molecule has 1 aliphatic rings. The van der Waals surface area contributed by atoms with E-state index in [0.29, 0.717) is 13.0 Å². The van der Waals surface area contributed by atoms with Crippen molar-refractivity contribution in [2.45, 2.75) is 31.0 Å². The predicted molar refractivity (Wildman–Crippen MR) is 62.3 cm³/mol. The van der Waals surface area contributed by atoms with Gasteiger partial charge in [0.1, 0.15) is 0 Å². The summed E-state index contributed by atoms with van der Waals surface area (Å²) < 4.78 is 37.4. The Kier molecular flexibility index (Phi) is 3.38. The Morgan fingerprint density at radius 2 is 1.89 bits per heavy atom. The highest BCUT2D eigenvalue weighted by Gasteiger charge is 2.36. The number of benzene rings is 1. The van der Waals surface area contributed by atoms with E-state index in [1.54, 1.807) is 6.92 Å². The van der Waals surface area contributed by atoms with Crippen molar-refractivity contribution in [3.05, 3.63) is 35.4 Å². The lowest BCUT2D eigenvalue weighted by Crippen LogP contribution is -2.46. The van der Waals surface area contributed by atoms with Crippen LogP contribution in [-0.4, -0.2) is 23.8 Å². The fourth-order valence-electron chi connectivity index (χ4n) is 2.36. The van der Waals surface area contributed by atoms with E-state index in [0.717, 1.165) is 24.2 Å². The van der Waals surface area contributed by atoms with Crippen LogP contribution in [0.5, 0.6) is 0 Å². The van der Waals surface area contributed by atoms with Crippen LogP contribution >= 0.6 is 0 Å². The lowest BCUT2D eigenvalue weighted by molar-refractivity contribution is -0.137. The molecule has 0 bridgehead atoms. The molecule has 2 N–H and O–H groups in total. The fraction of sp³-hybridized carbons (Fsp3) is 0.538. The molecule has 1 aromatic rings. The van der Waals surface area contributed by atoms with Gasteiger partial charge in [0.25, 0.3) is 0 Å². The van der Waals surface area contributed by atoms with Crippen molar-refractivity contribution < 1.29 is 18.3 Å². The van der Waals surface area contributed by atoms with Crippen molar-refractivity contribution in [2.75, 3.05) is 13.1 Å². The van der Waals surface area contributed by atoms with Crippen molar-refractivity contribution in [3.8, 4) is 0 Å². The fourth-order valence-corrected chi connectivity index (χ4v) is 2.36. The second kappa shape index (κ2) is 4.55. The molecule has 100 valence electrons. The third-order valence-electron chi connectivity index (χ3n) is 3.55. The standard InChI is InChI=1S/C13H16F3NO/c1-12(18)6-7-17-8-11(12)9-2-4-10(5-3-9)13(14,15)16/h2-5,11,17-18H,6-8H2,1H3. The topological polar surface area (TPSA) is 32.3 Å². The summed E-state index contributed by atoms with van der Waals surface area (Å²) in [5.74, 6) is -0.173. The molecule has 0 spiro atoms. The summed E-state index contributed by atoms with van der Waals surface area (Å²) in [6.45, 7) is 3.04. The molecule has 2 rings (SSSR count). The molecule has 1 aliphatic heterocycles. The van der Waals surface area contributed by atoms with Crippen LogP contribution in [0.4, 0.5) is 13.2 Å². The zero-order chi connectivity index (χ0) is 13.4. The maximum absolute atomic E-state index is 12.5. The predicted octanol–water partition coefficient (Wildman–Crippen LogP) is 2.53. The van der Waals surface area contributed by atoms with Crippen molar-refractivity contribution in [1.29, 1.82) is 0 Å². The van der Waals surface area contributed by atoms with Gasteiger partial charge in [-0.05, 0) is 37.6 Å². The molecule has 5 heteroatoms. The number of rotatable bonds is 1. The summed E-state index contributed by atoms with van der Waals surface area (Å²) in [5, 5.41) is 13.4. The van der Waals surface area contributed by atoms with E-state index in [1.165, 1.54) is 12.1 Å². The van der Waals surface area contributed by atoms with Gasteiger partial charge in [0.2, 0.25) is 0 Å². The molecular weight excluding hydrogens is 243 g/mol. The van der Waals surface area contributed by atoms with E-state index >= 15 is 0 Å². The SMILES string of the molecule is CC1(O)CCNCC1c1ccc(C(F)(F)F)cc1. The summed E-state index contributed by atoms with van der Waals surface area (Å²) in [5.41, 5.74) is -0.791. The molecule has 0 aliphatic carbocycles. The molecule has 2 atom stereocenters. The van der Waals surface area contributed by atoms with Gasteiger partial charge in [-0.15, -0.1) is 0 Å². The first-order valence-electron chi connectivity index (χ1n) is 5.91. The zero-order valence-corrected chi connectivity index (χ0v) is 10.1. The number of halogens is 3. The Bertz CT molecular complexity index is 411. The van der Waals surface area contributed by atoms with Crippen LogP contribution in [0.15, 0.2) is 24.3 Å². The van der Waals surface area contributed by atoms with Gasteiger partial charge in [-0.2, -0.15) is 13.2 Å². The first-order chi connectivity index (χ1) is 8.31. The van der Waals surface area contributed by atoms with Crippen LogP contribution in [0.25, 0.3) is 0 Å². The number of alkyl halides is 3. The first kappa shape index (κ1) is 13.4. The molecule has 1 saturated heterocycles. The normalized spacial score (nSPS) is 29.3. The number of hydrogen-bond donors (Lipinski definition) is 2. The Labute approximate surface area is 104 Å². The Morgan fingerprint density at radius 3 is 2.39 bits per heavy atom. The molecule has 1 heterocycles. The summed E-state index contributed by atoms with van der Waals surface area (Å²) in [6.07, 6.45) is -3.72. The Balaban J connectivity index is 2.24. The van der Waals surface area contributed by atoms with Crippen molar-refractivity contribution >= 4 is 0 Å². The van der Waals surface area contributed by atoms with E-state index in [4.69, 9.17) is 0 Å². The van der Waals surface area contributed by atoms with Crippen LogP contribution in [0, 0.1) is 0 Å².